The van der Waals surface area contributed by atoms with Gasteiger partial charge in [-0.3, -0.25) is 0 Å². The molecule has 0 aliphatic carbocycles. The van der Waals surface area contributed by atoms with Crippen molar-refractivity contribution in [3.63, 3.8) is 0 Å². The zero-order chi connectivity index (χ0) is 17.4. The summed E-state index contributed by atoms with van der Waals surface area (Å²) in [6, 6.07) is 0. The molecule has 142 valence electrons. The highest BCUT2D eigenvalue weighted by Crippen LogP contribution is 2.25. The third-order valence-electron chi connectivity index (χ3n) is 6.28. The Hall–Kier alpha value is -0.120. The minimum absolute atomic E-state index is 0.958. The molecule has 0 aromatic heterocycles. The van der Waals surface area contributed by atoms with Crippen molar-refractivity contribution in [2.75, 3.05) is 59.4 Å². The van der Waals surface area contributed by atoms with Crippen molar-refractivity contribution in [3.8, 4) is 0 Å². The molecule has 3 heteroatoms. The molecule has 3 aliphatic rings. The first kappa shape index (κ1) is 20.2. The second kappa shape index (κ2) is 10.8. The van der Waals surface area contributed by atoms with Crippen LogP contribution in [-0.2, 0) is 0 Å². The van der Waals surface area contributed by atoms with Crippen LogP contribution in [0.15, 0.2) is 0 Å². The van der Waals surface area contributed by atoms with Crippen molar-refractivity contribution >= 4 is 0 Å². The minimum Gasteiger partial charge on any atom is -0.306 e. The fourth-order valence-corrected chi connectivity index (χ4v) is 4.89. The lowest BCUT2D eigenvalue weighted by Gasteiger charge is -2.42. The highest BCUT2D eigenvalue weighted by atomic mass is 15.2. The lowest BCUT2D eigenvalue weighted by atomic mass is 9.90. The van der Waals surface area contributed by atoms with Gasteiger partial charge in [-0.25, -0.2) is 0 Å². The first-order chi connectivity index (χ1) is 11.7. The Labute approximate surface area is 151 Å². The Balaban J connectivity index is 0.00000100. The van der Waals surface area contributed by atoms with E-state index in [1.807, 2.05) is 13.8 Å². The maximum Gasteiger partial charge on any atom is 0.00342 e. The number of nitrogens with zero attached hydrogens (tertiary/aromatic N) is 3. The Morgan fingerprint density at radius 1 is 0.708 bits per heavy atom. The lowest BCUT2D eigenvalue weighted by molar-refractivity contribution is 0.0649. The van der Waals surface area contributed by atoms with E-state index in [2.05, 4.69) is 28.7 Å². The van der Waals surface area contributed by atoms with Crippen molar-refractivity contribution in [3.05, 3.63) is 0 Å². The number of hydrogen-bond donors (Lipinski definition) is 0. The first-order valence-corrected chi connectivity index (χ1v) is 10.9. The van der Waals surface area contributed by atoms with E-state index in [4.69, 9.17) is 0 Å². The molecule has 3 saturated heterocycles. The molecule has 0 saturated carbocycles. The average molecular weight is 338 g/mol. The molecular formula is C21H43N3. The average Bonchev–Trinajstić information content (AvgIpc) is 2.59. The van der Waals surface area contributed by atoms with Crippen molar-refractivity contribution in [1.82, 2.24) is 14.7 Å². The molecule has 0 radical (unpaired) electrons. The molecular weight excluding hydrogens is 294 g/mol. The Bertz CT molecular complexity index is 311. The maximum absolute atomic E-state index is 2.77. The van der Waals surface area contributed by atoms with Gasteiger partial charge >= 0.3 is 0 Å². The largest absolute Gasteiger partial charge is 0.306 e. The van der Waals surface area contributed by atoms with Gasteiger partial charge < -0.3 is 14.7 Å². The third kappa shape index (κ3) is 6.31. The predicted molar refractivity (Wildman–Crippen MR) is 106 cm³/mol. The number of likely N-dealkylation sites (tertiary alicyclic amines) is 3. The van der Waals surface area contributed by atoms with Crippen LogP contribution in [0.25, 0.3) is 0 Å². The molecule has 3 nitrogen and oxygen atoms in total. The van der Waals surface area contributed by atoms with E-state index in [1.165, 1.54) is 90.9 Å². The fourth-order valence-electron chi connectivity index (χ4n) is 4.89. The first-order valence-electron chi connectivity index (χ1n) is 10.9. The monoisotopic (exact) mass is 337 g/mol. The molecule has 3 fully saturated rings. The predicted octanol–water partition coefficient (Wildman–Crippen LogP) is 3.80. The van der Waals surface area contributed by atoms with E-state index in [0.29, 0.717) is 0 Å². The standard InChI is InChI=1S/C19H37N3.C2H6/c1-3-4-17-5-9-21(10-6-17)15-18-7-11-22(12-8-18)16-19-13-20(2)14-19;1-2/h17-19H,3-16H2,1-2H3;1-2H3. The van der Waals surface area contributed by atoms with Crippen LogP contribution in [0.4, 0.5) is 0 Å². The van der Waals surface area contributed by atoms with Crippen LogP contribution in [-0.4, -0.2) is 74.1 Å². The Morgan fingerprint density at radius 2 is 1.17 bits per heavy atom. The molecule has 3 heterocycles. The lowest BCUT2D eigenvalue weighted by Crippen LogP contribution is -2.51. The summed E-state index contributed by atoms with van der Waals surface area (Å²) in [5.74, 6) is 2.96. The van der Waals surface area contributed by atoms with E-state index in [-0.39, 0.29) is 0 Å². The SMILES string of the molecule is CC.CCCC1CCN(CC2CCN(CC3CN(C)C3)CC2)CC1. The molecule has 0 atom stereocenters. The molecule has 0 spiro atoms. The zero-order valence-corrected chi connectivity index (χ0v) is 17.0. The summed E-state index contributed by atoms with van der Waals surface area (Å²) < 4.78 is 0. The highest BCUT2D eigenvalue weighted by Gasteiger charge is 2.28. The van der Waals surface area contributed by atoms with Crippen LogP contribution in [0, 0.1) is 17.8 Å². The zero-order valence-electron chi connectivity index (χ0n) is 17.0. The molecule has 0 amide bonds. The summed E-state index contributed by atoms with van der Waals surface area (Å²) in [5, 5.41) is 0. The number of rotatable bonds is 6. The van der Waals surface area contributed by atoms with Gasteiger partial charge in [0.2, 0.25) is 0 Å². The molecule has 0 bridgehead atoms. The number of piperidine rings is 2. The maximum atomic E-state index is 2.77. The molecule has 3 aliphatic heterocycles. The van der Waals surface area contributed by atoms with Crippen molar-refractivity contribution in [1.29, 1.82) is 0 Å². The van der Waals surface area contributed by atoms with Crippen molar-refractivity contribution in [2.45, 2.75) is 59.3 Å². The smallest absolute Gasteiger partial charge is 0.00342 e. The van der Waals surface area contributed by atoms with Crippen molar-refractivity contribution in [2.24, 2.45) is 17.8 Å². The van der Waals surface area contributed by atoms with Crippen LogP contribution < -0.4 is 0 Å². The van der Waals surface area contributed by atoms with Gasteiger partial charge in [0.15, 0.2) is 0 Å². The van der Waals surface area contributed by atoms with Gasteiger partial charge in [0.1, 0.15) is 0 Å². The van der Waals surface area contributed by atoms with Crippen LogP contribution >= 0.6 is 0 Å². The fraction of sp³-hybridized carbons (Fsp3) is 1.00. The molecule has 0 aromatic rings. The normalized spacial score (nSPS) is 26.0. The quantitative estimate of drug-likeness (QED) is 0.730. The van der Waals surface area contributed by atoms with E-state index in [0.717, 1.165) is 17.8 Å². The van der Waals surface area contributed by atoms with E-state index in [1.54, 1.807) is 0 Å². The van der Waals surface area contributed by atoms with Gasteiger partial charge in [0.05, 0.1) is 0 Å². The summed E-state index contributed by atoms with van der Waals surface area (Å²) in [7, 11) is 2.24. The van der Waals surface area contributed by atoms with Gasteiger partial charge in [-0.1, -0.05) is 33.6 Å². The van der Waals surface area contributed by atoms with Gasteiger partial charge in [-0.15, -0.1) is 0 Å². The molecule has 0 unspecified atom stereocenters. The van der Waals surface area contributed by atoms with Crippen LogP contribution in [0.1, 0.15) is 59.3 Å². The topological polar surface area (TPSA) is 9.72 Å². The summed E-state index contributed by atoms with van der Waals surface area (Å²) >= 11 is 0. The Kier molecular flexibility index (Phi) is 9.07. The van der Waals surface area contributed by atoms with Crippen LogP contribution in [0.2, 0.25) is 0 Å². The number of hydrogen-bond acceptors (Lipinski definition) is 3. The van der Waals surface area contributed by atoms with Crippen LogP contribution in [0.3, 0.4) is 0 Å². The van der Waals surface area contributed by atoms with E-state index < -0.39 is 0 Å². The summed E-state index contributed by atoms with van der Waals surface area (Å²) in [6.45, 7) is 17.2. The van der Waals surface area contributed by atoms with E-state index >= 15 is 0 Å². The van der Waals surface area contributed by atoms with Crippen molar-refractivity contribution < 1.29 is 0 Å². The van der Waals surface area contributed by atoms with Gasteiger partial charge in [-0.2, -0.15) is 0 Å². The minimum atomic E-state index is 0.958. The second-order valence-corrected chi connectivity index (χ2v) is 8.36. The molecule has 3 rings (SSSR count). The molecule has 0 N–H and O–H groups in total. The van der Waals surface area contributed by atoms with Gasteiger partial charge in [0.25, 0.3) is 0 Å². The van der Waals surface area contributed by atoms with Gasteiger partial charge in [-0.05, 0) is 76.7 Å². The summed E-state index contributed by atoms with van der Waals surface area (Å²) in [5.41, 5.74) is 0. The third-order valence-corrected chi connectivity index (χ3v) is 6.28. The van der Waals surface area contributed by atoms with Gasteiger partial charge in [0, 0.05) is 26.2 Å². The Morgan fingerprint density at radius 3 is 1.62 bits per heavy atom. The summed E-state index contributed by atoms with van der Waals surface area (Å²) in [4.78, 5) is 7.95. The summed E-state index contributed by atoms with van der Waals surface area (Å²) in [6.07, 6.45) is 8.64. The second-order valence-electron chi connectivity index (χ2n) is 8.36. The van der Waals surface area contributed by atoms with Crippen LogP contribution in [0.5, 0.6) is 0 Å². The molecule has 0 aromatic carbocycles. The highest BCUT2D eigenvalue weighted by molar-refractivity contribution is 4.83. The van der Waals surface area contributed by atoms with E-state index in [9.17, 15) is 0 Å². The molecule has 24 heavy (non-hydrogen) atoms.